The van der Waals surface area contributed by atoms with Crippen molar-refractivity contribution in [1.29, 1.82) is 0 Å². The van der Waals surface area contributed by atoms with Gasteiger partial charge in [0.1, 0.15) is 11.6 Å². The number of hydrogen-bond donors (Lipinski definition) is 3. The molecule has 10 heteroatoms. The zero-order valence-electron chi connectivity index (χ0n) is 22.9. The Morgan fingerprint density at radius 3 is 2.56 bits per heavy atom. The number of β-amino-alcohol motifs (C(OH)–C–C–N with tert-alkyl or cyclic N) is 1. The average Bonchev–Trinajstić information content (AvgIpc) is 2.96. The highest BCUT2D eigenvalue weighted by atomic mass is 16.3. The molecule has 2 saturated heterocycles. The molecule has 39 heavy (non-hydrogen) atoms. The number of amides is 2. The van der Waals surface area contributed by atoms with E-state index in [4.69, 9.17) is 4.98 Å². The molecule has 210 valence electrons. The Kier molecular flexibility index (Phi) is 8.95. The number of aliphatic hydroxyl groups excluding tert-OH is 1. The van der Waals surface area contributed by atoms with Crippen LogP contribution in [-0.4, -0.2) is 115 Å². The van der Waals surface area contributed by atoms with Crippen LogP contribution in [0, 0.1) is 0 Å². The number of fused-ring (bicyclic) bond motifs is 1. The fraction of sp³-hybridized carbons (Fsp3) is 0.552. The van der Waals surface area contributed by atoms with E-state index in [0.717, 1.165) is 70.8 Å². The van der Waals surface area contributed by atoms with Crippen LogP contribution in [-0.2, 0) is 17.8 Å². The molecule has 0 bridgehead atoms. The van der Waals surface area contributed by atoms with Crippen LogP contribution in [0.4, 0.5) is 11.6 Å². The molecule has 3 aliphatic heterocycles. The molecular formula is C29H41N7O3. The number of hydrogen-bond acceptors (Lipinski definition) is 8. The lowest BCUT2D eigenvalue weighted by molar-refractivity contribution is -0.118. The van der Waals surface area contributed by atoms with Crippen molar-refractivity contribution in [2.75, 3.05) is 76.2 Å². The van der Waals surface area contributed by atoms with Crippen LogP contribution >= 0.6 is 0 Å². The smallest absolute Gasteiger partial charge is 0.251 e. The SMILES string of the molecule is CN1CCN(c2cc(C(=O)NCC(O)CN3CCc4ccccc4C3)cc(NC3CCN(C=O)CC3)n2)CC1. The van der Waals surface area contributed by atoms with Crippen molar-refractivity contribution in [3.63, 3.8) is 0 Å². The van der Waals surface area contributed by atoms with Crippen molar-refractivity contribution in [2.45, 2.75) is 38.0 Å². The first-order valence-corrected chi connectivity index (χ1v) is 14.1. The third-order valence-electron chi connectivity index (χ3n) is 8.11. The van der Waals surface area contributed by atoms with Gasteiger partial charge in [0.15, 0.2) is 0 Å². The number of likely N-dealkylation sites (N-methyl/N-ethyl adjacent to an activating group) is 1. The Hall–Kier alpha value is -3.21. The summed E-state index contributed by atoms with van der Waals surface area (Å²) in [6, 6.07) is 12.3. The molecule has 2 fully saturated rings. The monoisotopic (exact) mass is 535 g/mol. The van der Waals surface area contributed by atoms with Gasteiger partial charge in [-0.25, -0.2) is 4.98 Å². The van der Waals surface area contributed by atoms with E-state index in [2.05, 4.69) is 56.6 Å². The first kappa shape index (κ1) is 27.4. The first-order valence-electron chi connectivity index (χ1n) is 14.1. The fourth-order valence-electron chi connectivity index (χ4n) is 5.66. The Morgan fingerprint density at radius 1 is 1.08 bits per heavy atom. The van der Waals surface area contributed by atoms with Crippen molar-refractivity contribution in [2.24, 2.45) is 0 Å². The number of nitrogens with one attached hydrogen (secondary N) is 2. The minimum absolute atomic E-state index is 0.191. The molecule has 2 amide bonds. The van der Waals surface area contributed by atoms with E-state index in [-0.39, 0.29) is 18.5 Å². The van der Waals surface area contributed by atoms with E-state index in [9.17, 15) is 14.7 Å². The van der Waals surface area contributed by atoms with Gasteiger partial charge < -0.3 is 30.4 Å². The predicted molar refractivity (Wildman–Crippen MR) is 152 cm³/mol. The summed E-state index contributed by atoms with van der Waals surface area (Å²) in [5.74, 6) is 1.25. The highest BCUT2D eigenvalue weighted by Gasteiger charge is 2.23. The van der Waals surface area contributed by atoms with Crippen molar-refractivity contribution in [3.05, 3.63) is 53.1 Å². The van der Waals surface area contributed by atoms with Gasteiger partial charge in [0, 0.05) is 77.1 Å². The second-order valence-corrected chi connectivity index (χ2v) is 11.1. The quantitative estimate of drug-likeness (QED) is 0.409. The number of pyridine rings is 1. The van der Waals surface area contributed by atoms with Gasteiger partial charge in [-0.15, -0.1) is 0 Å². The van der Waals surface area contributed by atoms with E-state index < -0.39 is 6.10 Å². The van der Waals surface area contributed by atoms with E-state index >= 15 is 0 Å². The number of carbonyl (C=O) groups excluding carboxylic acids is 2. The fourth-order valence-corrected chi connectivity index (χ4v) is 5.66. The maximum Gasteiger partial charge on any atom is 0.251 e. The first-order chi connectivity index (χ1) is 19.0. The van der Waals surface area contributed by atoms with Crippen LogP contribution in [0.2, 0.25) is 0 Å². The third-order valence-corrected chi connectivity index (χ3v) is 8.11. The van der Waals surface area contributed by atoms with Gasteiger partial charge in [-0.05, 0) is 49.6 Å². The summed E-state index contributed by atoms with van der Waals surface area (Å²) in [6.45, 7) is 7.45. The van der Waals surface area contributed by atoms with Gasteiger partial charge in [-0.1, -0.05) is 24.3 Å². The molecule has 1 atom stereocenters. The second-order valence-electron chi connectivity index (χ2n) is 11.1. The number of piperidine rings is 1. The Balaban J connectivity index is 1.21. The molecule has 10 nitrogen and oxygen atoms in total. The summed E-state index contributed by atoms with van der Waals surface area (Å²) in [5.41, 5.74) is 3.22. The predicted octanol–water partition coefficient (Wildman–Crippen LogP) is 1.02. The van der Waals surface area contributed by atoms with Gasteiger partial charge in [0.05, 0.1) is 6.10 Å². The van der Waals surface area contributed by atoms with Crippen LogP contribution in [0.5, 0.6) is 0 Å². The zero-order valence-corrected chi connectivity index (χ0v) is 22.9. The molecule has 4 heterocycles. The lowest BCUT2D eigenvalue weighted by Crippen LogP contribution is -2.45. The largest absolute Gasteiger partial charge is 0.390 e. The highest BCUT2D eigenvalue weighted by Crippen LogP contribution is 2.23. The Labute approximate surface area is 231 Å². The molecule has 1 aromatic heterocycles. The van der Waals surface area contributed by atoms with E-state index in [1.807, 2.05) is 6.07 Å². The molecule has 5 rings (SSSR count). The maximum absolute atomic E-state index is 13.3. The van der Waals surface area contributed by atoms with Gasteiger partial charge in [-0.2, -0.15) is 0 Å². The van der Waals surface area contributed by atoms with Gasteiger partial charge in [-0.3, -0.25) is 14.5 Å². The minimum Gasteiger partial charge on any atom is -0.390 e. The summed E-state index contributed by atoms with van der Waals surface area (Å²) in [7, 11) is 2.11. The lowest BCUT2D eigenvalue weighted by Gasteiger charge is -2.34. The van der Waals surface area contributed by atoms with E-state index in [0.29, 0.717) is 31.0 Å². The van der Waals surface area contributed by atoms with Crippen LogP contribution in [0.15, 0.2) is 36.4 Å². The summed E-state index contributed by atoms with van der Waals surface area (Å²) in [5, 5.41) is 17.2. The lowest BCUT2D eigenvalue weighted by atomic mass is 10.00. The van der Waals surface area contributed by atoms with Gasteiger partial charge in [0.2, 0.25) is 6.41 Å². The number of benzene rings is 1. The van der Waals surface area contributed by atoms with Gasteiger partial charge in [0.25, 0.3) is 5.91 Å². The number of aromatic nitrogens is 1. The van der Waals surface area contributed by atoms with Crippen LogP contribution < -0.4 is 15.5 Å². The Bertz CT molecular complexity index is 1130. The summed E-state index contributed by atoms with van der Waals surface area (Å²) in [4.78, 5) is 37.7. The number of anilines is 2. The number of piperazine rings is 1. The summed E-state index contributed by atoms with van der Waals surface area (Å²) < 4.78 is 0. The normalized spacial score (nSPS) is 19.8. The summed E-state index contributed by atoms with van der Waals surface area (Å²) in [6.07, 6.45) is 2.91. The molecule has 3 aliphatic rings. The zero-order chi connectivity index (χ0) is 27.2. The molecule has 1 unspecified atom stereocenters. The number of carbonyl (C=O) groups is 2. The average molecular weight is 536 g/mol. The molecule has 0 aliphatic carbocycles. The molecule has 0 radical (unpaired) electrons. The van der Waals surface area contributed by atoms with Crippen LogP contribution in [0.3, 0.4) is 0 Å². The van der Waals surface area contributed by atoms with E-state index in [1.54, 1.807) is 11.0 Å². The number of nitrogens with zero attached hydrogens (tertiary/aromatic N) is 5. The Morgan fingerprint density at radius 2 is 1.82 bits per heavy atom. The van der Waals surface area contributed by atoms with Crippen molar-refractivity contribution in [3.8, 4) is 0 Å². The molecule has 0 saturated carbocycles. The van der Waals surface area contributed by atoms with Crippen molar-refractivity contribution >= 4 is 24.0 Å². The van der Waals surface area contributed by atoms with Crippen molar-refractivity contribution < 1.29 is 14.7 Å². The molecule has 2 aromatic rings. The topological polar surface area (TPSA) is 104 Å². The second kappa shape index (κ2) is 12.8. The molecule has 1 aromatic carbocycles. The minimum atomic E-state index is -0.654. The standard InChI is InChI=1S/C29H41N7O3/c1-33-12-14-36(15-13-33)28-17-24(16-27(32-28)31-25-7-10-34(21-37)11-8-25)29(39)30-18-26(38)20-35-9-6-22-4-2-3-5-23(22)19-35/h2-5,16-17,21,25-26,38H,6-15,18-20H2,1H3,(H,30,39)(H,31,32). The maximum atomic E-state index is 13.3. The van der Waals surface area contributed by atoms with Gasteiger partial charge >= 0.3 is 0 Å². The number of aliphatic hydroxyl groups is 1. The van der Waals surface area contributed by atoms with Crippen molar-refractivity contribution in [1.82, 2.24) is 25.0 Å². The molecule has 0 spiro atoms. The number of rotatable bonds is 9. The van der Waals surface area contributed by atoms with Crippen LogP contribution in [0.1, 0.15) is 34.3 Å². The van der Waals surface area contributed by atoms with Crippen LogP contribution in [0.25, 0.3) is 0 Å². The van der Waals surface area contributed by atoms with E-state index in [1.165, 1.54) is 11.1 Å². The molecular weight excluding hydrogens is 494 g/mol. The third kappa shape index (κ3) is 7.26. The number of likely N-dealkylation sites (tertiary alicyclic amines) is 1. The summed E-state index contributed by atoms with van der Waals surface area (Å²) >= 11 is 0. The highest BCUT2D eigenvalue weighted by molar-refractivity contribution is 5.95. The molecule has 3 N–H and O–H groups in total.